The van der Waals surface area contributed by atoms with Gasteiger partial charge in [0.1, 0.15) is 24.7 Å². The molecule has 184 valence electrons. The van der Waals surface area contributed by atoms with E-state index < -0.39 is 17.1 Å². The van der Waals surface area contributed by atoms with Crippen LogP contribution in [0.15, 0.2) is 65.6 Å². The third-order valence-corrected chi connectivity index (χ3v) is 7.25. The van der Waals surface area contributed by atoms with Crippen LogP contribution in [0.2, 0.25) is 0 Å². The second-order valence-electron chi connectivity index (χ2n) is 8.22. The van der Waals surface area contributed by atoms with E-state index >= 15 is 0 Å². The first-order chi connectivity index (χ1) is 17.2. The van der Waals surface area contributed by atoms with Crippen LogP contribution >= 0.6 is 34.4 Å². The molecule has 0 aromatic heterocycles. The number of nitrogens with zero attached hydrogens (tertiary/aromatic N) is 1. The predicted octanol–water partition coefficient (Wildman–Crippen LogP) is 6.30. The van der Waals surface area contributed by atoms with E-state index in [-0.39, 0.29) is 23.9 Å². The highest BCUT2D eigenvalue weighted by Gasteiger charge is 2.36. The number of amides is 3. The number of hydrogen-bond acceptors (Lipinski definition) is 5. The molecular formula is C27H22FIN2O4S. The normalized spacial score (nSPS) is 14.4. The van der Waals surface area contributed by atoms with Gasteiger partial charge in [0.15, 0.2) is 0 Å². The molecule has 0 spiro atoms. The zero-order chi connectivity index (χ0) is 25.8. The van der Waals surface area contributed by atoms with E-state index in [1.165, 1.54) is 12.1 Å². The number of imide groups is 1. The first-order valence-electron chi connectivity index (χ1n) is 11.0. The molecule has 3 aromatic rings. The van der Waals surface area contributed by atoms with Crippen LogP contribution in [0.4, 0.5) is 14.9 Å². The van der Waals surface area contributed by atoms with Crippen molar-refractivity contribution < 1.29 is 23.5 Å². The second-order valence-corrected chi connectivity index (χ2v) is 10.4. The van der Waals surface area contributed by atoms with Gasteiger partial charge >= 0.3 is 0 Å². The summed E-state index contributed by atoms with van der Waals surface area (Å²) in [6, 6.07) is 17.1. The molecule has 0 saturated carbocycles. The van der Waals surface area contributed by atoms with Gasteiger partial charge in [0.2, 0.25) is 5.91 Å². The predicted molar refractivity (Wildman–Crippen MR) is 147 cm³/mol. The highest BCUT2D eigenvalue weighted by atomic mass is 127. The molecule has 0 radical (unpaired) electrons. The SMILES string of the molecule is Cc1ccc(NC(=O)CN2C(=O)S/C(=C/c3ccc(OCc4cccc(F)c4)c(I)c3)C2=O)cc1C. The van der Waals surface area contributed by atoms with E-state index in [0.29, 0.717) is 22.6 Å². The van der Waals surface area contributed by atoms with Crippen LogP contribution in [0.3, 0.4) is 0 Å². The molecule has 0 unspecified atom stereocenters. The van der Waals surface area contributed by atoms with E-state index in [1.807, 2.05) is 32.0 Å². The fraction of sp³-hybridized carbons (Fsp3) is 0.148. The zero-order valence-corrected chi connectivity index (χ0v) is 22.5. The topological polar surface area (TPSA) is 75.7 Å². The van der Waals surface area contributed by atoms with Gasteiger partial charge in [-0.15, -0.1) is 0 Å². The Balaban J connectivity index is 1.39. The Morgan fingerprint density at radius 3 is 2.61 bits per heavy atom. The fourth-order valence-corrected chi connectivity index (χ4v) is 5.00. The van der Waals surface area contributed by atoms with Crippen molar-refractivity contribution in [3.63, 3.8) is 0 Å². The van der Waals surface area contributed by atoms with Crippen LogP contribution in [0.1, 0.15) is 22.3 Å². The molecule has 1 N–H and O–H groups in total. The third-order valence-electron chi connectivity index (χ3n) is 5.50. The van der Waals surface area contributed by atoms with Crippen molar-refractivity contribution in [3.8, 4) is 5.75 Å². The van der Waals surface area contributed by atoms with Crippen LogP contribution < -0.4 is 10.1 Å². The largest absolute Gasteiger partial charge is 0.488 e. The van der Waals surface area contributed by atoms with Gasteiger partial charge in [-0.3, -0.25) is 19.3 Å². The molecule has 0 aliphatic carbocycles. The summed E-state index contributed by atoms with van der Waals surface area (Å²) in [6.07, 6.45) is 1.62. The Bertz CT molecular complexity index is 1390. The maximum Gasteiger partial charge on any atom is 0.294 e. The summed E-state index contributed by atoms with van der Waals surface area (Å²) in [4.78, 5) is 38.9. The number of halogens is 2. The summed E-state index contributed by atoms with van der Waals surface area (Å²) in [6.45, 7) is 3.77. The lowest BCUT2D eigenvalue weighted by Gasteiger charge is -2.13. The molecule has 0 atom stereocenters. The Kier molecular flexibility index (Phi) is 8.10. The van der Waals surface area contributed by atoms with Crippen LogP contribution in [0.5, 0.6) is 5.75 Å². The molecule has 1 aliphatic rings. The minimum Gasteiger partial charge on any atom is -0.488 e. The molecule has 0 bridgehead atoms. The van der Waals surface area contributed by atoms with Gasteiger partial charge in [-0.05, 0) is 113 Å². The molecule has 3 amide bonds. The minimum absolute atomic E-state index is 0.218. The number of anilines is 1. The van der Waals surface area contributed by atoms with Gasteiger partial charge < -0.3 is 10.1 Å². The number of nitrogens with one attached hydrogen (secondary N) is 1. The summed E-state index contributed by atoms with van der Waals surface area (Å²) in [5.41, 5.74) is 4.17. The molecule has 4 rings (SSSR count). The number of rotatable bonds is 7. The van der Waals surface area contributed by atoms with Crippen molar-refractivity contribution in [2.45, 2.75) is 20.5 Å². The van der Waals surface area contributed by atoms with Gasteiger partial charge in [-0.2, -0.15) is 0 Å². The number of carbonyl (C=O) groups excluding carboxylic acids is 3. The Hall–Kier alpha value is -3.18. The number of benzene rings is 3. The Labute approximate surface area is 226 Å². The summed E-state index contributed by atoms with van der Waals surface area (Å²) in [5.74, 6) is -0.663. The Morgan fingerprint density at radius 2 is 1.89 bits per heavy atom. The summed E-state index contributed by atoms with van der Waals surface area (Å²) in [5, 5.41) is 2.24. The minimum atomic E-state index is -0.512. The molecule has 1 saturated heterocycles. The Morgan fingerprint density at radius 1 is 1.08 bits per heavy atom. The lowest BCUT2D eigenvalue weighted by molar-refractivity contribution is -0.127. The number of ether oxygens (including phenoxy) is 1. The third kappa shape index (κ3) is 6.33. The molecule has 1 aliphatic heterocycles. The van der Waals surface area contributed by atoms with Crippen LogP contribution in [0, 0.1) is 23.2 Å². The van der Waals surface area contributed by atoms with E-state index in [4.69, 9.17) is 4.74 Å². The summed E-state index contributed by atoms with van der Waals surface area (Å²) < 4.78 is 19.9. The van der Waals surface area contributed by atoms with Crippen LogP contribution in [-0.2, 0) is 16.2 Å². The molecule has 3 aromatic carbocycles. The van der Waals surface area contributed by atoms with Crippen molar-refractivity contribution >= 4 is 63.2 Å². The summed E-state index contributed by atoms with van der Waals surface area (Å²) in [7, 11) is 0. The van der Waals surface area contributed by atoms with Gasteiger partial charge in [-0.25, -0.2) is 4.39 Å². The molecule has 9 heteroatoms. The number of aryl methyl sites for hydroxylation is 2. The molecule has 36 heavy (non-hydrogen) atoms. The van der Waals surface area contributed by atoms with E-state index in [9.17, 15) is 18.8 Å². The first-order valence-corrected chi connectivity index (χ1v) is 12.9. The van der Waals surface area contributed by atoms with Crippen molar-refractivity contribution in [2.24, 2.45) is 0 Å². The van der Waals surface area contributed by atoms with Gasteiger partial charge in [-0.1, -0.05) is 24.3 Å². The molecular weight excluding hydrogens is 594 g/mol. The van der Waals surface area contributed by atoms with Gasteiger partial charge in [0.25, 0.3) is 11.1 Å². The van der Waals surface area contributed by atoms with Crippen molar-refractivity contribution in [2.75, 3.05) is 11.9 Å². The fourth-order valence-electron chi connectivity index (χ4n) is 3.46. The molecule has 6 nitrogen and oxygen atoms in total. The van der Waals surface area contributed by atoms with Crippen molar-refractivity contribution in [1.82, 2.24) is 4.90 Å². The average Bonchev–Trinajstić information content (AvgIpc) is 3.08. The van der Waals surface area contributed by atoms with E-state index in [0.717, 1.165) is 31.4 Å². The lowest BCUT2D eigenvalue weighted by Crippen LogP contribution is -2.36. The highest BCUT2D eigenvalue weighted by Crippen LogP contribution is 2.33. The van der Waals surface area contributed by atoms with Crippen molar-refractivity contribution in [3.05, 3.63) is 97.2 Å². The molecule has 1 fully saturated rings. The quantitative estimate of drug-likeness (QED) is 0.249. The monoisotopic (exact) mass is 616 g/mol. The zero-order valence-electron chi connectivity index (χ0n) is 19.5. The van der Waals surface area contributed by atoms with E-state index in [2.05, 4.69) is 27.9 Å². The first kappa shape index (κ1) is 25.9. The van der Waals surface area contributed by atoms with Gasteiger partial charge in [0.05, 0.1) is 8.48 Å². The van der Waals surface area contributed by atoms with Gasteiger partial charge in [0, 0.05) is 5.69 Å². The maximum absolute atomic E-state index is 13.4. The smallest absolute Gasteiger partial charge is 0.294 e. The van der Waals surface area contributed by atoms with Crippen molar-refractivity contribution in [1.29, 1.82) is 0 Å². The standard InChI is InChI=1S/C27H22FIN2O4S/c1-16-6-8-21(10-17(16)2)30-25(32)14-31-26(33)24(36-27(31)34)13-18-7-9-23(22(29)12-18)35-15-19-4-3-5-20(28)11-19/h3-13H,14-15H2,1-2H3,(H,30,32)/b24-13+. The number of hydrogen-bond donors (Lipinski definition) is 1. The number of carbonyl (C=O) groups is 3. The van der Waals surface area contributed by atoms with Crippen LogP contribution in [0.25, 0.3) is 6.08 Å². The molecule has 1 heterocycles. The van der Waals surface area contributed by atoms with Crippen LogP contribution in [-0.4, -0.2) is 28.5 Å². The number of thioether (sulfide) groups is 1. The maximum atomic E-state index is 13.4. The van der Waals surface area contributed by atoms with E-state index in [1.54, 1.807) is 36.4 Å². The highest BCUT2D eigenvalue weighted by molar-refractivity contribution is 14.1. The summed E-state index contributed by atoms with van der Waals surface area (Å²) >= 11 is 2.91. The average molecular weight is 616 g/mol. The lowest BCUT2D eigenvalue weighted by atomic mass is 10.1. The second kappa shape index (κ2) is 11.3.